The number of likely N-dealkylation sites (N-methyl/N-ethyl adjacent to an activating group) is 1. The summed E-state index contributed by atoms with van der Waals surface area (Å²) in [7, 11) is 1.44. The van der Waals surface area contributed by atoms with E-state index < -0.39 is 23.9 Å². The van der Waals surface area contributed by atoms with E-state index in [1.165, 1.54) is 18.9 Å². The predicted molar refractivity (Wildman–Crippen MR) is 112 cm³/mol. The van der Waals surface area contributed by atoms with Crippen LogP contribution >= 0.6 is 0 Å². The Morgan fingerprint density at radius 2 is 1.63 bits per heavy atom. The minimum atomic E-state index is -1.09. The summed E-state index contributed by atoms with van der Waals surface area (Å²) < 4.78 is 5.06. The van der Waals surface area contributed by atoms with Crippen LogP contribution in [0.2, 0.25) is 0 Å². The van der Waals surface area contributed by atoms with E-state index in [1.807, 2.05) is 19.1 Å². The molecule has 3 amide bonds. The molecule has 0 heterocycles. The van der Waals surface area contributed by atoms with E-state index in [2.05, 4.69) is 10.6 Å². The van der Waals surface area contributed by atoms with Crippen LogP contribution in [0.1, 0.15) is 22.8 Å². The topological polar surface area (TPSA) is 105 Å². The van der Waals surface area contributed by atoms with Crippen LogP contribution in [0.3, 0.4) is 0 Å². The van der Waals surface area contributed by atoms with Gasteiger partial charge in [0.2, 0.25) is 5.91 Å². The zero-order valence-electron chi connectivity index (χ0n) is 17.2. The lowest BCUT2D eigenvalue weighted by Gasteiger charge is -2.21. The number of anilines is 1. The van der Waals surface area contributed by atoms with Crippen LogP contribution in [0.15, 0.2) is 54.6 Å². The molecule has 0 aliphatic heterocycles. The largest absolute Gasteiger partial charge is 0.451 e. The van der Waals surface area contributed by atoms with Crippen LogP contribution in [-0.4, -0.2) is 54.8 Å². The number of nitrogens with one attached hydrogen (secondary N) is 2. The van der Waals surface area contributed by atoms with Gasteiger partial charge in [0.25, 0.3) is 11.8 Å². The smallest absolute Gasteiger partial charge is 0.326 e. The second-order valence-electron chi connectivity index (χ2n) is 6.79. The molecule has 0 bridgehead atoms. The molecule has 1 atom stereocenters. The third-order valence-electron chi connectivity index (χ3n) is 4.18. The number of rotatable bonds is 8. The number of ether oxygens (including phenoxy) is 1. The molecular formula is C22H25N3O5. The van der Waals surface area contributed by atoms with E-state index in [-0.39, 0.29) is 19.0 Å². The van der Waals surface area contributed by atoms with Crippen LogP contribution in [0, 0.1) is 6.92 Å². The van der Waals surface area contributed by atoms with Gasteiger partial charge in [-0.25, -0.2) is 0 Å². The maximum atomic E-state index is 12.4. The first kappa shape index (κ1) is 22.6. The van der Waals surface area contributed by atoms with Crippen molar-refractivity contribution in [2.45, 2.75) is 20.0 Å². The van der Waals surface area contributed by atoms with E-state index in [0.717, 1.165) is 5.56 Å². The minimum Gasteiger partial charge on any atom is -0.451 e. The molecule has 0 unspecified atom stereocenters. The van der Waals surface area contributed by atoms with Gasteiger partial charge in [-0.05, 0) is 38.1 Å². The van der Waals surface area contributed by atoms with Gasteiger partial charge in [-0.15, -0.1) is 0 Å². The van der Waals surface area contributed by atoms with Gasteiger partial charge in [0.15, 0.2) is 6.10 Å². The fourth-order valence-electron chi connectivity index (χ4n) is 2.57. The van der Waals surface area contributed by atoms with Gasteiger partial charge in [-0.3, -0.25) is 19.2 Å². The van der Waals surface area contributed by atoms with Gasteiger partial charge in [-0.2, -0.15) is 0 Å². The Morgan fingerprint density at radius 3 is 2.27 bits per heavy atom. The van der Waals surface area contributed by atoms with Crippen molar-refractivity contribution in [3.8, 4) is 0 Å². The highest BCUT2D eigenvalue weighted by Crippen LogP contribution is 2.08. The Bertz CT molecular complexity index is 897. The molecular weight excluding hydrogens is 386 g/mol. The molecule has 0 aromatic heterocycles. The molecule has 2 aromatic carbocycles. The molecule has 8 heteroatoms. The maximum absolute atomic E-state index is 12.4. The molecule has 8 nitrogen and oxygen atoms in total. The number of hydrogen-bond acceptors (Lipinski definition) is 5. The van der Waals surface area contributed by atoms with E-state index in [0.29, 0.717) is 11.3 Å². The summed E-state index contributed by atoms with van der Waals surface area (Å²) in [6, 6.07) is 15.7. The summed E-state index contributed by atoms with van der Waals surface area (Å²) >= 11 is 0. The molecule has 0 fully saturated rings. The van der Waals surface area contributed by atoms with Crippen LogP contribution in [0.4, 0.5) is 5.69 Å². The highest BCUT2D eigenvalue weighted by molar-refractivity contribution is 5.97. The highest BCUT2D eigenvalue weighted by Gasteiger charge is 2.23. The van der Waals surface area contributed by atoms with Gasteiger partial charge in [-0.1, -0.05) is 35.9 Å². The monoisotopic (exact) mass is 411 g/mol. The molecule has 2 N–H and O–H groups in total. The van der Waals surface area contributed by atoms with Crippen LogP contribution in [-0.2, 0) is 19.1 Å². The first-order valence-electron chi connectivity index (χ1n) is 9.40. The molecule has 30 heavy (non-hydrogen) atoms. The zero-order chi connectivity index (χ0) is 22.1. The first-order valence-corrected chi connectivity index (χ1v) is 9.40. The third-order valence-corrected chi connectivity index (χ3v) is 4.18. The van der Waals surface area contributed by atoms with Crippen LogP contribution in [0.5, 0.6) is 0 Å². The van der Waals surface area contributed by atoms with E-state index in [9.17, 15) is 19.2 Å². The minimum absolute atomic E-state index is 0.195. The second-order valence-corrected chi connectivity index (χ2v) is 6.79. The highest BCUT2D eigenvalue weighted by atomic mass is 16.5. The number of carbonyl (C=O) groups excluding carboxylic acids is 4. The van der Waals surface area contributed by atoms with Crippen molar-refractivity contribution in [3.63, 3.8) is 0 Å². The lowest BCUT2D eigenvalue weighted by atomic mass is 10.2. The summed E-state index contributed by atoms with van der Waals surface area (Å²) in [6.45, 7) is 2.78. The Morgan fingerprint density at radius 1 is 1.00 bits per heavy atom. The number of amides is 3. The number of nitrogens with zero attached hydrogens (tertiary/aromatic N) is 1. The molecule has 0 aliphatic carbocycles. The van der Waals surface area contributed by atoms with Crippen molar-refractivity contribution >= 4 is 29.4 Å². The zero-order valence-corrected chi connectivity index (χ0v) is 17.2. The molecule has 0 spiro atoms. The second kappa shape index (κ2) is 10.8. The Hall–Kier alpha value is -3.68. The average Bonchev–Trinajstić information content (AvgIpc) is 2.73. The summed E-state index contributed by atoms with van der Waals surface area (Å²) in [5.41, 5.74) is 2.10. The van der Waals surface area contributed by atoms with Crippen LogP contribution < -0.4 is 10.6 Å². The number of hydrogen-bond donors (Lipinski definition) is 2. The van der Waals surface area contributed by atoms with E-state index in [1.54, 1.807) is 42.5 Å². The van der Waals surface area contributed by atoms with Gasteiger partial charge < -0.3 is 20.3 Å². The molecule has 0 saturated heterocycles. The lowest BCUT2D eigenvalue weighted by molar-refractivity contribution is -0.157. The number of carbonyl (C=O) groups is 4. The fourth-order valence-corrected chi connectivity index (χ4v) is 2.57. The van der Waals surface area contributed by atoms with Gasteiger partial charge in [0.1, 0.15) is 6.54 Å². The van der Waals surface area contributed by atoms with Crippen molar-refractivity contribution in [1.29, 1.82) is 0 Å². The summed E-state index contributed by atoms with van der Waals surface area (Å²) in [4.78, 5) is 49.5. The van der Waals surface area contributed by atoms with Crippen molar-refractivity contribution in [1.82, 2.24) is 10.2 Å². The molecule has 0 radical (unpaired) electrons. The quantitative estimate of drug-likeness (QED) is 0.644. The molecule has 2 aromatic rings. The van der Waals surface area contributed by atoms with E-state index in [4.69, 9.17) is 4.74 Å². The summed E-state index contributed by atoms with van der Waals surface area (Å²) in [6.07, 6.45) is -1.09. The van der Waals surface area contributed by atoms with Crippen molar-refractivity contribution in [3.05, 3.63) is 65.7 Å². The number of esters is 1. The third kappa shape index (κ3) is 7.05. The van der Waals surface area contributed by atoms with Gasteiger partial charge >= 0.3 is 5.97 Å². The van der Waals surface area contributed by atoms with Crippen molar-refractivity contribution < 1.29 is 23.9 Å². The Kier molecular flexibility index (Phi) is 8.10. The molecule has 0 saturated carbocycles. The molecule has 0 aliphatic rings. The average molecular weight is 411 g/mol. The summed E-state index contributed by atoms with van der Waals surface area (Å²) in [5, 5.41) is 5.13. The normalized spacial score (nSPS) is 11.2. The van der Waals surface area contributed by atoms with Gasteiger partial charge in [0.05, 0.1) is 6.54 Å². The Labute approximate surface area is 175 Å². The van der Waals surface area contributed by atoms with Crippen LogP contribution in [0.25, 0.3) is 0 Å². The SMILES string of the molecule is Cc1ccc(NC(=O)CN(C)C(=O)[C@H](C)OC(=O)CNC(=O)c2ccccc2)cc1. The molecule has 158 valence electrons. The fraction of sp³-hybridized carbons (Fsp3) is 0.273. The lowest BCUT2D eigenvalue weighted by Crippen LogP contribution is -2.42. The maximum Gasteiger partial charge on any atom is 0.326 e. The van der Waals surface area contributed by atoms with Crippen molar-refractivity contribution in [2.24, 2.45) is 0 Å². The predicted octanol–water partition coefficient (Wildman–Crippen LogP) is 1.75. The van der Waals surface area contributed by atoms with E-state index >= 15 is 0 Å². The molecule has 2 rings (SSSR count). The van der Waals surface area contributed by atoms with Gasteiger partial charge in [0, 0.05) is 18.3 Å². The summed E-state index contributed by atoms with van der Waals surface area (Å²) in [5.74, 6) is -2.07. The Balaban J connectivity index is 1.76. The number of aryl methyl sites for hydroxylation is 1. The number of benzene rings is 2. The standard InChI is InChI=1S/C22H25N3O5/c1-15-9-11-18(12-10-15)24-19(26)14-25(3)22(29)16(2)30-20(27)13-23-21(28)17-7-5-4-6-8-17/h4-12,16H,13-14H2,1-3H3,(H,23,28)(H,24,26)/t16-/m0/s1. The van der Waals surface area contributed by atoms with Crippen molar-refractivity contribution in [2.75, 3.05) is 25.5 Å². The first-order chi connectivity index (χ1) is 14.3.